The van der Waals surface area contributed by atoms with Crippen LogP contribution in [-0.4, -0.2) is 10.8 Å². The van der Waals surface area contributed by atoms with Gasteiger partial charge in [0.25, 0.3) is 11.6 Å². The first-order valence-corrected chi connectivity index (χ1v) is 6.79. The van der Waals surface area contributed by atoms with Crippen LogP contribution in [0.5, 0.6) is 0 Å². The number of aryl methyl sites for hydroxylation is 1. The molecule has 0 aliphatic heterocycles. The van der Waals surface area contributed by atoms with E-state index in [1.54, 1.807) is 6.07 Å². The molecule has 6 nitrogen and oxygen atoms in total. The number of nitrogens with two attached hydrogens (primary N) is 1. The lowest BCUT2D eigenvalue weighted by molar-refractivity contribution is -0.383. The van der Waals surface area contributed by atoms with Gasteiger partial charge in [0.15, 0.2) is 0 Å². The van der Waals surface area contributed by atoms with E-state index in [1.165, 1.54) is 18.2 Å². The number of benzene rings is 2. The molecular formula is C14H12BrN3O3. The monoisotopic (exact) mass is 349 g/mol. The quantitative estimate of drug-likeness (QED) is 0.503. The molecule has 7 heteroatoms. The van der Waals surface area contributed by atoms with Crippen molar-refractivity contribution in [3.63, 3.8) is 0 Å². The summed E-state index contributed by atoms with van der Waals surface area (Å²) in [6, 6.07) is 9.34. The van der Waals surface area contributed by atoms with Crippen LogP contribution in [0.15, 0.2) is 40.9 Å². The van der Waals surface area contributed by atoms with Gasteiger partial charge in [-0.3, -0.25) is 14.9 Å². The second-order valence-electron chi connectivity index (χ2n) is 4.44. The standard InChI is InChI=1S/C14H12BrN3O3/c1-8-6-10(15)3-4-12(8)17-14(19)9-2-5-13(18(20)21)11(16)7-9/h2-7H,16H2,1H3,(H,17,19). The van der Waals surface area contributed by atoms with Crippen LogP contribution in [0.2, 0.25) is 0 Å². The summed E-state index contributed by atoms with van der Waals surface area (Å²) in [7, 11) is 0. The SMILES string of the molecule is Cc1cc(Br)ccc1NC(=O)c1ccc([N+](=O)[O-])c(N)c1. The van der Waals surface area contributed by atoms with Gasteiger partial charge in [-0.05, 0) is 42.8 Å². The van der Waals surface area contributed by atoms with E-state index in [0.717, 1.165) is 10.0 Å². The molecule has 0 bridgehead atoms. The number of anilines is 2. The lowest BCUT2D eigenvalue weighted by Gasteiger charge is -2.09. The van der Waals surface area contributed by atoms with Crippen LogP contribution in [0.1, 0.15) is 15.9 Å². The molecule has 2 aromatic carbocycles. The van der Waals surface area contributed by atoms with Gasteiger partial charge < -0.3 is 11.1 Å². The lowest BCUT2D eigenvalue weighted by Crippen LogP contribution is -2.13. The van der Waals surface area contributed by atoms with E-state index in [-0.39, 0.29) is 22.8 Å². The molecule has 0 atom stereocenters. The molecule has 0 spiro atoms. The molecule has 0 fully saturated rings. The number of nitrogens with one attached hydrogen (secondary N) is 1. The van der Waals surface area contributed by atoms with Crippen molar-refractivity contribution in [2.45, 2.75) is 6.92 Å². The van der Waals surface area contributed by atoms with Gasteiger partial charge in [0, 0.05) is 21.8 Å². The van der Waals surface area contributed by atoms with Gasteiger partial charge in [-0.15, -0.1) is 0 Å². The number of hydrogen-bond acceptors (Lipinski definition) is 4. The van der Waals surface area contributed by atoms with Crippen molar-refractivity contribution in [2.75, 3.05) is 11.1 Å². The summed E-state index contributed by atoms with van der Waals surface area (Å²) < 4.78 is 0.914. The minimum absolute atomic E-state index is 0.0415. The molecule has 0 aliphatic rings. The molecule has 21 heavy (non-hydrogen) atoms. The van der Waals surface area contributed by atoms with Gasteiger partial charge in [0.1, 0.15) is 5.69 Å². The first-order valence-electron chi connectivity index (χ1n) is 6.00. The third-order valence-electron chi connectivity index (χ3n) is 2.92. The zero-order valence-electron chi connectivity index (χ0n) is 11.1. The largest absolute Gasteiger partial charge is 0.393 e. The second kappa shape index (κ2) is 5.92. The molecule has 0 saturated heterocycles. The van der Waals surface area contributed by atoms with Crippen molar-refractivity contribution in [2.24, 2.45) is 0 Å². The number of nitrogens with zero attached hydrogens (tertiary/aromatic N) is 1. The molecule has 0 aliphatic carbocycles. The third-order valence-corrected chi connectivity index (χ3v) is 3.42. The van der Waals surface area contributed by atoms with E-state index in [4.69, 9.17) is 5.73 Å². The average molecular weight is 350 g/mol. The predicted octanol–water partition coefficient (Wildman–Crippen LogP) is 3.50. The van der Waals surface area contributed by atoms with E-state index in [2.05, 4.69) is 21.2 Å². The number of carbonyl (C=O) groups is 1. The Kier molecular flexibility index (Phi) is 4.23. The summed E-state index contributed by atoms with van der Waals surface area (Å²) in [6.07, 6.45) is 0. The highest BCUT2D eigenvalue weighted by molar-refractivity contribution is 9.10. The van der Waals surface area contributed by atoms with Crippen LogP contribution in [-0.2, 0) is 0 Å². The zero-order valence-corrected chi connectivity index (χ0v) is 12.7. The zero-order chi connectivity index (χ0) is 15.6. The van der Waals surface area contributed by atoms with Gasteiger partial charge in [0.05, 0.1) is 4.92 Å². The van der Waals surface area contributed by atoms with Crippen molar-refractivity contribution < 1.29 is 9.72 Å². The Hall–Kier alpha value is -2.41. The molecule has 0 heterocycles. The summed E-state index contributed by atoms with van der Waals surface area (Å²) >= 11 is 3.35. The first-order chi connectivity index (χ1) is 9.88. The van der Waals surface area contributed by atoms with E-state index in [0.29, 0.717) is 5.69 Å². The van der Waals surface area contributed by atoms with Crippen molar-refractivity contribution >= 4 is 38.9 Å². The van der Waals surface area contributed by atoms with Gasteiger partial charge in [-0.1, -0.05) is 15.9 Å². The number of halogens is 1. The minimum atomic E-state index is -0.587. The van der Waals surface area contributed by atoms with E-state index in [9.17, 15) is 14.9 Å². The van der Waals surface area contributed by atoms with Gasteiger partial charge in [-0.25, -0.2) is 0 Å². The first kappa shape index (κ1) is 15.0. The number of rotatable bonds is 3. The Bertz CT molecular complexity index is 731. The van der Waals surface area contributed by atoms with Crippen molar-refractivity contribution in [1.29, 1.82) is 0 Å². The maximum atomic E-state index is 12.1. The summed E-state index contributed by atoms with van der Waals surface area (Å²) in [5.41, 5.74) is 7.14. The number of nitro groups is 1. The fourth-order valence-electron chi connectivity index (χ4n) is 1.82. The average Bonchev–Trinajstić information content (AvgIpc) is 2.41. The van der Waals surface area contributed by atoms with Crippen molar-refractivity contribution in [1.82, 2.24) is 0 Å². The molecule has 3 N–H and O–H groups in total. The summed E-state index contributed by atoms with van der Waals surface area (Å²) in [6.45, 7) is 1.87. The van der Waals surface area contributed by atoms with E-state index >= 15 is 0 Å². The number of amides is 1. The molecule has 1 amide bonds. The Morgan fingerprint density at radius 1 is 1.29 bits per heavy atom. The van der Waals surface area contributed by atoms with Gasteiger partial charge in [0.2, 0.25) is 0 Å². The molecule has 108 valence electrons. The summed E-state index contributed by atoms with van der Waals surface area (Å²) in [4.78, 5) is 22.2. The Balaban J connectivity index is 2.24. The van der Waals surface area contributed by atoms with Gasteiger partial charge in [-0.2, -0.15) is 0 Å². The number of hydrogen-bond donors (Lipinski definition) is 2. The normalized spacial score (nSPS) is 10.2. The number of nitro benzene ring substituents is 1. The molecular weight excluding hydrogens is 338 g/mol. The number of nitrogen functional groups attached to an aromatic ring is 1. The lowest BCUT2D eigenvalue weighted by atomic mass is 10.1. The molecule has 0 aromatic heterocycles. The van der Waals surface area contributed by atoms with Crippen molar-refractivity contribution in [3.8, 4) is 0 Å². The summed E-state index contributed by atoms with van der Waals surface area (Å²) in [5.74, 6) is -0.373. The second-order valence-corrected chi connectivity index (χ2v) is 5.36. The fourth-order valence-corrected chi connectivity index (χ4v) is 2.30. The van der Waals surface area contributed by atoms with Crippen LogP contribution < -0.4 is 11.1 Å². The fraction of sp³-hybridized carbons (Fsp3) is 0.0714. The van der Waals surface area contributed by atoms with Crippen LogP contribution in [0, 0.1) is 17.0 Å². The smallest absolute Gasteiger partial charge is 0.292 e. The van der Waals surface area contributed by atoms with E-state index in [1.807, 2.05) is 19.1 Å². The van der Waals surface area contributed by atoms with Gasteiger partial charge >= 0.3 is 0 Å². The molecule has 0 radical (unpaired) electrons. The third kappa shape index (κ3) is 3.38. The Labute approximate surface area is 129 Å². The molecule has 2 rings (SSSR count). The van der Waals surface area contributed by atoms with Crippen LogP contribution in [0.4, 0.5) is 17.1 Å². The Morgan fingerprint density at radius 3 is 2.57 bits per heavy atom. The highest BCUT2D eigenvalue weighted by Crippen LogP contribution is 2.24. The molecule has 2 aromatic rings. The molecule has 0 saturated carbocycles. The highest BCUT2D eigenvalue weighted by atomic mass is 79.9. The highest BCUT2D eigenvalue weighted by Gasteiger charge is 2.15. The number of carbonyl (C=O) groups excluding carboxylic acids is 1. The predicted molar refractivity (Wildman–Crippen MR) is 84.3 cm³/mol. The maximum Gasteiger partial charge on any atom is 0.292 e. The van der Waals surface area contributed by atoms with Crippen LogP contribution in [0.25, 0.3) is 0 Å². The Morgan fingerprint density at radius 2 is 2.00 bits per heavy atom. The summed E-state index contributed by atoms with van der Waals surface area (Å²) in [5, 5.41) is 13.4. The topological polar surface area (TPSA) is 98.3 Å². The van der Waals surface area contributed by atoms with Crippen LogP contribution >= 0.6 is 15.9 Å². The molecule has 0 unspecified atom stereocenters. The van der Waals surface area contributed by atoms with Crippen molar-refractivity contribution in [3.05, 3.63) is 62.1 Å². The van der Waals surface area contributed by atoms with E-state index < -0.39 is 4.92 Å². The minimum Gasteiger partial charge on any atom is -0.393 e. The van der Waals surface area contributed by atoms with Crippen LogP contribution in [0.3, 0.4) is 0 Å². The maximum absolute atomic E-state index is 12.1.